The Kier molecular flexibility index (Phi) is 9.04. The molecule has 0 nitrogen and oxygen atoms in total. The summed E-state index contributed by atoms with van der Waals surface area (Å²) >= 11 is 3.44. The van der Waals surface area contributed by atoms with Gasteiger partial charge in [-0.05, 0) is 0 Å². The second-order valence-electron chi connectivity index (χ2n) is 6.40. The van der Waals surface area contributed by atoms with Crippen LogP contribution in [0.5, 0.6) is 0 Å². The molecule has 0 fully saturated rings. The van der Waals surface area contributed by atoms with Crippen molar-refractivity contribution < 1.29 is 0 Å². The molecule has 1 unspecified atom stereocenters. The Bertz CT molecular complexity index is 627. The summed E-state index contributed by atoms with van der Waals surface area (Å²) in [6.45, 7) is 2.24. The normalized spacial score (nSPS) is 14.0. The van der Waals surface area contributed by atoms with Crippen LogP contribution in [0.3, 0.4) is 0 Å². The Morgan fingerprint density at radius 3 is 2.29 bits per heavy atom. The molecule has 0 saturated carbocycles. The van der Waals surface area contributed by atoms with Crippen molar-refractivity contribution in [3.05, 3.63) is 42.5 Å². The van der Waals surface area contributed by atoms with Crippen molar-refractivity contribution in [3.63, 3.8) is 0 Å². The third-order valence-corrected chi connectivity index (χ3v) is 14.4. The molecule has 0 radical (unpaired) electrons. The first-order valence-corrected chi connectivity index (χ1v) is 18.0. The molecule has 1 atom stereocenters. The maximum atomic E-state index is 6.81. The van der Waals surface area contributed by atoms with Crippen molar-refractivity contribution >= 4 is 59.9 Å². The molecule has 0 amide bonds. The van der Waals surface area contributed by atoms with Crippen LogP contribution in [0.2, 0.25) is 4.47 Å². The van der Waals surface area contributed by atoms with Gasteiger partial charge in [0.2, 0.25) is 0 Å². The van der Waals surface area contributed by atoms with Crippen LogP contribution in [0.4, 0.5) is 0 Å². The van der Waals surface area contributed by atoms with Crippen LogP contribution in [0.25, 0.3) is 10.8 Å². The zero-order valence-corrected chi connectivity index (χ0v) is 18.9. The van der Waals surface area contributed by atoms with Gasteiger partial charge in [-0.1, -0.05) is 0 Å². The van der Waals surface area contributed by atoms with E-state index in [1.165, 1.54) is 49.3 Å². The summed E-state index contributed by atoms with van der Waals surface area (Å²) in [7, 11) is 13.6. The van der Waals surface area contributed by atoms with Crippen LogP contribution in [0, 0.1) is 0 Å². The number of unbranched alkanes of at least 4 members (excludes halogenated alkanes) is 5. The van der Waals surface area contributed by atoms with E-state index in [0.29, 0.717) is 0 Å². The molecular weight excluding hydrogens is 474 g/mol. The fraction of sp³-hybridized carbons (Fsp3) is 0.500. The fourth-order valence-corrected chi connectivity index (χ4v) is 12.5. The molecule has 2 aromatic rings. The molecule has 0 N–H and O–H groups in total. The van der Waals surface area contributed by atoms with Crippen molar-refractivity contribution in [2.24, 2.45) is 0 Å². The molecule has 4 heteroatoms. The summed E-state index contributed by atoms with van der Waals surface area (Å²) in [5.41, 5.74) is 0. The Labute approximate surface area is 163 Å². The van der Waals surface area contributed by atoms with E-state index < -0.39 is 15.9 Å². The Morgan fingerprint density at radius 1 is 0.875 bits per heavy atom. The number of benzene rings is 2. The van der Waals surface area contributed by atoms with Crippen molar-refractivity contribution in [3.8, 4) is 0 Å². The molecule has 0 bridgehead atoms. The average molecular weight is 501 g/mol. The summed E-state index contributed by atoms with van der Waals surface area (Å²) in [5, 5.41) is 2.52. The summed E-state index contributed by atoms with van der Waals surface area (Å²) in [5.74, 6) is 0. The van der Waals surface area contributed by atoms with Crippen LogP contribution in [-0.4, -0.2) is 21.3 Å². The molecule has 2 rings (SSSR count). The molecular formula is C20H27Cl3Te. The van der Waals surface area contributed by atoms with Gasteiger partial charge in [0.25, 0.3) is 0 Å². The third-order valence-electron chi connectivity index (χ3n) is 4.33. The van der Waals surface area contributed by atoms with Gasteiger partial charge in [-0.25, -0.2) is 0 Å². The van der Waals surface area contributed by atoms with E-state index in [1.807, 2.05) is 12.1 Å². The van der Waals surface area contributed by atoms with Gasteiger partial charge in [0.15, 0.2) is 0 Å². The zero-order valence-electron chi connectivity index (χ0n) is 14.3. The number of hydrogen-bond donors (Lipinski definition) is 0. The van der Waals surface area contributed by atoms with E-state index in [1.54, 1.807) is 0 Å². The van der Waals surface area contributed by atoms with Crippen molar-refractivity contribution in [2.75, 3.05) is 0 Å². The Morgan fingerprint density at radius 2 is 1.54 bits per heavy atom. The molecule has 0 aliphatic heterocycles. The molecule has 0 heterocycles. The van der Waals surface area contributed by atoms with Gasteiger partial charge in [-0.15, -0.1) is 0 Å². The summed E-state index contributed by atoms with van der Waals surface area (Å²) in [6, 6.07) is 14.7. The first-order valence-electron chi connectivity index (χ1n) is 8.86. The number of alkyl halides is 1. The van der Waals surface area contributed by atoms with E-state index in [0.717, 1.165) is 14.5 Å². The van der Waals surface area contributed by atoms with Crippen LogP contribution in [0.1, 0.15) is 51.9 Å². The first-order chi connectivity index (χ1) is 11.5. The second-order valence-corrected chi connectivity index (χ2v) is 20.7. The fourth-order valence-electron chi connectivity index (χ4n) is 2.91. The van der Waals surface area contributed by atoms with Crippen molar-refractivity contribution in [1.82, 2.24) is 0 Å². The van der Waals surface area contributed by atoms with E-state index in [9.17, 15) is 0 Å². The maximum absolute atomic E-state index is 6.81. The SMILES string of the molecule is CCCCCCCCC(Cl)C[Te](Cl)(Cl)c1ccc2ccccc2c1. The van der Waals surface area contributed by atoms with Crippen molar-refractivity contribution in [1.29, 1.82) is 0 Å². The first kappa shape index (κ1) is 20.7. The monoisotopic (exact) mass is 502 g/mol. The Hall–Kier alpha value is 0.360. The molecule has 134 valence electrons. The predicted molar refractivity (Wildman–Crippen MR) is 113 cm³/mol. The average Bonchev–Trinajstić information content (AvgIpc) is 2.57. The van der Waals surface area contributed by atoms with Gasteiger partial charge < -0.3 is 0 Å². The van der Waals surface area contributed by atoms with E-state index in [2.05, 4.69) is 37.3 Å². The number of halogens is 3. The van der Waals surface area contributed by atoms with Gasteiger partial charge in [-0.3, -0.25) is 0 Å². The molecule has 0 spiro atoms. The molecule has 0 aliphatic rings. The van der Waals surface area contributed by atoms with Crippen LogP contribution in [-0.2, 0) is 0 Å². The summed E-state index contributed by atoms with van der Waals surface area (Å²) in [6.07, 6.45) is 8.76. The number of fused-ring (bicyclic) bond motifs is 1. The standard InChI is InChI=1S/C20H27Cl3Te/c1-2-3-4-5-6-7-12-19(21)16-24(22,23)20-14-13-17-10-8-9-11-18(17)15-20/h8-11,13-15,19H,2-7,12,16H2,1H3. The third kappa shape index (κ3) is 6.58. The van der Waals surface area contributed by atoms with E-state index >= 15 is 0 Å². The van der Waals surface area contributed by atoms with Gasteiger partial charge >= 0.3 is 164 Å². The van der Waals surface area contributed by atoms with Crippen LogP contribution >= 0.6 is 29.5 Å². The quantitative estimate of drug-likeness (QED) is 0.182. The zero-order chi connectivity index (χ0) is 17.4. The van der Waals surface area contributed by atoms with Gasteiger partial charge in [-0.2, -0.15) is 0 Å². The van der Waals surface area contributed by atoms with Gasteiger partial charge in [0, 0.05) is 0 Å². The molecule has 24 heavy (non-hydrogen) atoms. The topological polar surface area (TPSA) is 0 Å². The minimum atomic E-state index is -3.12. The molecule has 0 aromatic heterocycles. The summed E-state index contributed by atoms with van der Waals surface area (Å²) < 4.78 is 1.88. The van der Waals surface area contributed by atoms with E-state index in [-0.39, 0.29) is 5.38 Å². The van der Waals surface area contributed by atoms with Crippen LogP contribution in [0.15, 0.2) is 42.5 Å². The molecule has 0 aliphatic carbocycles. The van der Waals surface area contributed by atoms with Gasteiger partial charge in [0.1, 0.15) is 0 Å². The summed E-state index contributed by atoms with van der Waals surface area (Å²) in [4.78, 5) is 0. The van der Waals surface area contributed by atoms with Gasteiger partial charge in [0.05, 0.1) is 0 Å². The number of rotatable bonds is 10. The Balaban J connectivity index is 1.86. The second kappa shape index (κ2) is 10.5. The molecule has 2 aromatic carbocycles. The molecule has 0 saturated heterocycles. The minimum absolute atomic E-state index is 0.0962. The predicted octanol–water partition coefficient (Wildman–Crippen LogP) is 7.32. The van der Waals surface area contributed by atoms with Crippen molar-refractivity contribution in [2.45, 2.75) is 61.7 Å². The van der Waals surface area contributed by atoms with Crippen LogP contribution < -0.4 is 3.61 Å². The van der Waals surface area contributed by atoms with E-state index in [4.69, 9.17) is 29.5 Å². The number of hydrogen-bond acceptors (Lipinski definition) is 0.